The highest BCUT2D eigenvalue weighted by Gasteiger charge is 1.84. The van der Waals surface area contributed by atoms with Crippen molar-refractivity contribution in [1.82, 2.24) is 4.98 Å². The van der Waals surface area contributed by atoms with Crippen molar-refractivity contribution in [1.29, 1.82) is 0 Å². The molecule has 1 nitrogen and oxygen atoms in total. The predicted octanol–water partition coefficient (Wildman–Crippen LogP) is 1.29. The molecule has 9 heavy (non-hydrogen) atoms. The zero-order valence-corrected chi connectivity index (χ0v) is 8.16. The summed E-state index contributed by atoms with van der Waals surface area (Å²) in [5.41, 5.74) is 0. The van der Waals surface area contributed by atoms with Crippen LogP contribution in [0, 0.1) is 0 Å². The second-order valence-electron chi connectivity index (χ2n) is 2.41. The molecule has 0 spiro atoms. The first-order valence-corrected chi connectivity index (χ1v) is 6.24. The van der Waals surface area contributed by atoms with E-state index in [4.69, 9.17) is 0 Å². The second-order valence-corrected chi connectivity index (χ2v) is 3.62. The average Bonchev–Trinajstić information content (AvgIpc) is 1.89. The summed E-state index contributed by atoms with van der Waals surface area (Å²) in [4.78, 5) is 3.45. The molecule has 0 aromatic carbocycles. The summed E-state index contributed by atoms with van der Waals surface area (Å²) >= 11 is 0. The van der Waals surface area contributed by atoms with E-state index >= 15 is 0 Å². The van der Waals surface area contributed by atoms with Crippen molar-refractivity contribution in [2.24, 2.45) is 0 Å². The Morgan fingerprint density at radius 3 is 2.56 bits per heavy atom. The topological polar surface area (TPSA) is 12.0 Å². The van der Waals surface area contributed by atoms with E-state index in [0.29, 0.717) is 0 Å². The van der Waals surface area contributed by atoms with Crippen molar-refractivity contribution in [3.8, 4) is 0 Å². The lowest BCUT2D eigenvalue weighted by Crippen LogP contribution is -2.16. The van der Waals surface area contributed by atoms with E-state index in [9.17, 15) is 0 Å². The first kappa shape index (κ1) is 9.18. The van der Waals surface area contributed by atoms with Crippen molar-refractivity contribution in [2.45, 2.75) is 39.2 Å². The Morgan fingerprint density at radius 1 is 1.22 bits per heavy atom. The molecule has 2 heteroatoms. The first-order chi connectivity index (χ1) is 4.41. The van der Waals surface area contributed by atoms with Gasteiger partial charge in [-0.3, -0.25) is 0 Å². The predicted molar refractivity (Wildman–Crippen MR) is 46.6 cm³/mol. The summed E-state index contributed by atoms with van der Waals surface area (Å²) < 4.78 is 0. The zero-order valence-electron chi connectivity index (χ0n) is 6.74. The monoisotopic (exact) mass is 145 g/mol. The molecule has 0 saturated heterocycles. The summed E-state index contributed by atoms with van der Waals surface area (Å²) in [6, 6.07) is 0. The standard InChI is InChI=1S/C7H19NSi/c1-3-4-5-6-7-8-9-2/h8H,3-7,9H2,1-2H3. The minimum Gasteiger partial charge on any atom is -0.342 e. The molecule has 0 unspecified atom stereocenters. The Labute approximate surface area is 61.1 Å². The molecule has 0 atom stereocenters. The zero-order chi connectivity index (χ0) is 6.95. The van der Waals surface area contributed by atoms with Crippen LogP contribution in [0.2, 0.25) is 6.55 Å². The van der Waals surface area contributed by atoms with Gasteiger partial charge in [0, 0.05) is 0 Å². The highest BCUT2D eigenvalue weighted by Crippen LogP contribution is 1.96. The van der Waals surface area contributed by atoms with Crippen LogP contribution >= 0.6 is 0 Å². The largest absolute Gasteiger partial charge is 0.342 e. The number of unbranched alkanes of at least 4 members (excludes halogenated alkanes) is 3. The molecule has 1 N–H and O–H groups in total. The van der Waals surface area contributed by atoms with E-state index in [2.05, 4.69) is 18.5 Å². The smallest absolute Gasteiger partial charge is 0.0885 e. The van der Waals surface area contributed by atoms with Crippen molar-refractivity contribution in [3.05, 3.63) is 0 Å². The van der Waals surface area contributed by atoms with Gasteiger partial charge >= 0.3 is 0 Å². The molecule has 0 bridgehead atoms. The molecule has 0 rings (SSSR count). The van der Waals surface area contributed by atoms with E-state index in [0.717, 1.165) is 0 Å². The number of rotatable bonds is 6. The van der Waals surface area contributed by atoms with Crippen LogP contribution in [0.3, 0.4) is 0 Å². The van der Waals surface area contributed by atoms with Gasteiger partial charge in [0.15, 0.2) is 0 Å². The molecule has 0 aromatic heterocycles. The van der Waals surface area contributed by atoms with Gasteiger partial charge in [-0.05, 0) is 13.0 Å². The Morgan fingerprint density at radius 2 is 2.00 bits per heavy atom. The number of nitrogens with one attached hydrogen (secondary N) is 1. The molecule has 56 valence electrons. The van der Waals surface area contributed by atoms with Crippen LogP contribution < -0.4 is 4.98 Å². The minimum atomic E-state index is 0.130. The van der Waals surface area contributed by atoms with Gasteiger partial charge in [-0.2, -0.15) is 0 Å². The van der Waals surface area contributed by atoms with E-state index < -0.39 is 0 Å². The van der Waals surface area contributed by atoms with Crippen LogP contribution in [0.1, 0.15) is 32.6 Å². The summed E-state index contributed by atoms with van der Waals surface area (Å²) in [7, 11) is 0.130. The maximum atomic E-state index is 3.45. The highest BCUT2D eigenvalue weighted by atomic mass is 28.2. The van der Waals surface area contributed by atoms with Crippen molar-refractivity contribution in [2.75, 3.05) is 6.54 Å². The van der Waals surface area contributed by atoms with Crippen LogP contribution in [0.25, 0.3) is 0 Å². The third kappa shape index (κ3) is 8.18. The van der Waals surface area contributed by atoms with Crippen LogP contribution in [0.4, 0.5) is 0 Å². The first-order valence-electron chi connectivity index (χ1n) is 4.12. The van der Waals surface area contributed by atoms with Gasteiger partial charge in [-0.25, -0.2) is 0 Å². The van der Waals surface area contributed by atoms with Gasteiger partial charge < -0.3 is 4.98 Å². The normalized spacial score (nSPS) is 11.3. The van der Waals surface area contributed by atoms with Gasteiger partial charge in [0.2, 0.25) is 0 Å². The summed E-state index contributed by atoms with van der Waals surface area (Å²) in [6.45, 7) is 5.81. The Balaban J connectivity index is 2.60. The van der Waals surface area contributed by atoms with Crippen molar-refractivity contribution >= 4 is 9.68 Å². The molecule has 0 amide bonds. The SMILES string of the molecule is CCCCCCN[SiH2]C. The Kier molecular flexibility index (Phi) is 8.34. The Hall–Kier alpha value is 0.177. The van der Waals surface area contributed by atoms with Crippen LogP contribution in [0.15, 0.2) is 0 Å². The summed E-state index contributed by atoms with van der Waals surface area (Å²) in [5, 5.41) is 0. The molecule has 0 aliphatic heterocycles. The van der Waals surface area contributed by atoms with E-state index in [1.54, 1.807) is 0 Å². The molecule has 0 aromatic rings. The minimum absolute atomic E-state index is 0.130. The lowest BCUT2D eigenvalue weighted by molar-refractivity contribution is 0.659. The molecule has 0 fully saturated rings. The van der Waals surface area contributed by atoms with Gasteiger partial charge in [-0.15, -0.1) is 0 Å². The highest BCUT2D eigenvalue weighted by molar-refractivity contribution is 6.29. The van der Waals surface area contributed by atoms with E-state index in [1.807, 2.05) is 0 Å². The molecule has 0 radical (unpaired) electrons. The fourth-order valence-corrected chi connectivity index (χ4v) is 1.46. The van der Waals surface area contributed by atoms with Crippen molar-refractivity contribution < 1.29 is 0 Å². The third-order valence-corrected chi connectivity index (χ3v) is 2.31. The van der Waals surface area contributed by atoms with Crippen LogP contribution in [-0.2, 0) is 0 Å². The maximum Gasteiger partial charge on any atom is 0.0885 e. The average molecular weight is 145 g/mol. The van der Waals surface area contributed by atoms with Gasteiger partial charge in [0.05, 0.1) is 9.68 Å². The molecule has 0 heterocycles. The van der Waals surface area contributed by atoms with Gasteiger partial charge in [-0.1, -0.05) is 32.7 Å². The maximum absolute atomic E-state index is 3.45. The Bertz CT molecular complexity index is 42.2. The summed E-state index contributed by atoms with van der Waals surface area (Å²) in [5.74, 6) is 0. The number of hydrogen-bond acceptors (Lipinski definition) is 1. The third-order valence-electron chi connectivity index (χ3n) is 1.46. The lowest BCUT2D eigenvalue weighted by Gasteiger charge is -1.98. The van der Waals surface area contributed by atoms with Crippen molar-refractivity contribution in [3.63, 3.8) is 0 Å². The van der Waals surface area contributed by atoms with Crippen LogP contribution in [-0.4, -0.2) is 16.2 Å². The number of hydrogen-bond donors (Lipinski definition) is 1. The van der Waals surface area contributed by atoms with Gasteiger partial charge in [0.25, 0.3) is 0 Å². The van der Waals surface area contributed by atoms with E-state index in [1.165, 1.54) is 32.2 Å². The second kappa shape index (κ2) is 8.18. The van der Waals surface area contributed by atoms with Crippen LogP contribution in [0.5, 0.6) is 0 Å². The lowest BCUT2D eigenvalue weighted by atomic mass is 10.2. The fraction of sp³-hybridized carbons (Fsp3) is 1.00. The summed E-state index contributed by atoms with van der Waals surface area (Å²) in [6.07, 6.45) is 5.56. The molecule has 0 aliphatic rings. The molecular formula is C7H19NSi. The molecule has 0 aliphatic carbocycles. The fourth-order valence-electron chi connectivity index (χ4n) is 0.854. The molecular weight excluding hydrogens is 126 g/mol. The quantitative estimate of drug-likeness (QED) is 0.439. The molecule has 0 saturated carbocycles. The van der Waals surface area contributed by atoms with Gasteiger partial charge in [0.1, 0.15) is 0 Å². The van der Waals surface area contributed by atoms with E-state index in [-0.39, 0.29) is 9.68 Å².